The van der Waals surface area contributed by atoms with E-state index in [0.717, 1.165) is 21.1 Å². The number of anilines is 1. The molecular weight excluding hydrogens is 334 g/mol. The van der Waals surface area contributed by atoms with E-state index in [4.69, 9.17) is 0 Å². The standard InChI is InChI=1S/C16H12BrNOS/c1-10-2-3-12(17)9-14(10)16(19)18-13-4-5-15-11(8-13)6-7-20-15/h2-9H,1H3,(H,18,19). The average Bonchev–Trinajstić information content (AvgIpc) is 2.89. The molecule has 4 heteroatoms. The zero-order valence-corrected chi connectivity index (χ0v) is 13.2. The van der Waals surface area contributed by atoms with E-state index in [2.05, 4.69) is 32.7 Å². The molecule has 2 aromatic carbocycles. The minimum absolute atomic E-state index is 0.0848. The number of halogens is 1. The molecule has 0 aliphatic rings. The maximum absolute atomic E-state index is 12.3. The van der Waals surface area contributed by atoms with Gasteiger partial charge in [-0.1, -0.05) is 22.0 Å². The lowest BCUT2D eigenvalue weighted by atomic mass is 10.1. The predicted molar refractivity (Wildman–Crippen MR) is 88.7 cm³/mol. The van der Waals surface area contributed by atoms with Crippen molar-refractivity contribution >= 4 is 48.9 Å². The van der Waals surface area contributed by atoms with Crippen molar-refractivity contribution in [2.75, 3.05) is 5.32 Å². The maximum Gasteiger partial charge on any atom is 0.255 e. The van der Waals surface area contributed by atoms with E-state index in [1.807, 2.05) is 43.3 Å². The Morgan fingerprint density at radius 2 is 2.00 bits per heavy atom. The first-order valence-corrected chi connectivity index (χ1v) is 7.85. The molecule has 2 nitrogen and oxygen atoms in total. The minimum atomic E-state index is -0.0848. The van der Waals surface area contributed by atoms with Crippen molar-refractivity contribution in [3.05, 3.63) is 63.4 Å². The summed E-state index contributed by atoms with van der Waals surface area (Å²) in [5, 5.41) is 6.16. The second-order valence-electron chi connectivity index (χ2n) is 4.59. The predicted octanol–water partition coefficient (Wildman–Crippen LogP) is 5.22. The van der Waals surface area contributed by atoms with Gasteiger partial charge < -0.3 is 5.32 Å². The maximum atomic E-state index is 12.3. The van der Waals surface area contributed by atoms with Crippen molar-refractivity contribution in [2.24, 2.45) is 0 Å². The molecule has 3 rings (SSSR count). The topological polar surface area (TPSA) is 29.1 Å². The SMILES string of the molecule is Cc1ccc(Br)cc1C(=O)Nc1ccc2sccc2c1. The number of hydrogen-bond acceptors (Lipinski definition) is 2. The fourth-order valence-electron chi connectivity index (χ4n) is 2.08. The molecule has 1 aromatic heterocycles. The van der Waals surface area contributed by atoms with Crippen LogP contribution in [0.25, 0.3) is 10.1 Å². The Hall–Kier alpha value is -1.65. The minimum Gasteiger partial charge on any atom is -0.322 e. The summed E-state index contributed by atoms with van der Waals surface area (Å²) in [4.78, 5) is 12.3. The highest BCUT2D eigenvalue weighted by molar-refractivity contribution is 9.10. The summed E-state index contributed by atoms with van der Waals surface area (Å²) in [6.45, 7) is 1.93. The Morgan fingerprint density at radius 3 is 2.85 bits per heavy atom. The van der Waals surface area contributed by atoms with Crippen molar-refractivity contribution in [2.45, 2.75) is 6.92 Å². The lowest BCUT2D eigenvalue weighted by molar-refractivity contribution is 0.102. The van der Waals surface area contributed by atoms with Crippen LogP contribution in [0.3, 0.4) is 0 Å². The molecule has 100 valence electrons. The van der Waals surface area contributed by atoms with E-state index in [-0.39, 0.29) is 5.91 Å². The van der Waals surface area contributed by atoms with Crippen molar-refractivity contribution < 1.29 is 4.79 Å². The van der Waals surface area contributed by atoms with E-state index in [0.29, 0.717) is 5.56 Å². The summed E-state index contributed by atoms with van der Waals surface area (Å²) in [6, 6.07) is 13.7. The highest BCUT2D eigenvalue weighted by Gasteiger charge is 2.10. The third kappa shape index (κ3) is 2.62. The molecule has 0 saturated carbocycles. The second kappa shape index (κ2) is 5.38. The number of carbonyl (C=O) groups excluding carboxylic acids is 1. The highest BCUT2D eigenvalue weighted by atomic mass is 79.9. The van der Waals surface area contributed by atoms with E-state index in [1.54, 1.807) is 11.3 Å². The fourth-order valence-corrected chi connectivity index (χ4v) is 3.21. The molecule has 1 heterocycles. The van der Waals surface area contributed by atoms with Gasteiger partial charge in [0.1, 0.15) is 0 Å². The Morgan fingerprint density at radius 1 is 1.15 bits per heavy atom. The molecule has 0 radical (unpaired) electrons. The van der Waals surface area contributed by atoms with Crippen LogP contribution in [0.4, 0.5) is 5.69 Å². The fraction of sp³-hybridized carbons (Fsp3) is 0.0625. The summed E-state index contributed by atoms with van der Waals surface area (Å²) >= 11 is 5.10. The van der Waals surface area contributed by atoms with Crippen LogP contribution in [-0.2, 0) is 0 Å². The smallest absolute Gasteiger partial charge is 0.255 e. The van der Waals surface area contributed by atoms with Gasteiger partial charge in [0.2, 0.25) is 0 Å². The first-order chi connectivity index (χ1) is 9.63. The molecule has 1 amide bonds. The van der Waals surface area contributed by atoms with Crippen molar-refractivity contribution in [1.29, 1.82) is 0 Å². The highest BCUT2D eigenvalue weighted by Crippen LogP contribution is 2.25. The van der Waals surface area contributed by atoms with Gasteiger partial charge in [-0.05, 0) is 59.7 Å². The van der Waals surface area contributed by atoms with Crippen LogP contribution in [0.1, 0.15) is 15.9 Å². The number of fused-ring (bicyclic) bond motifs is 1. The molecule has 0 fully saturated rings. The van der Waals surface area contributed by atoms with Crippen molar-refractivity contribution in [3.8, 4) is 0 Å². The zero-order chi connectivity index (χ0) is 14.1. The quantitative estimate of drug-likeness (QED) is 0.677. The monoisotopic (exact) mass is 345 g/mol. The normalized spacial score (nSPS) is 10.7. The van der Waals surface area contributed by atoms with Crippen LogP contribution in [-0.4, -0.2) is 5.91 Å². The molecule has 0 aliphatic heterocycles. The van der Waals surface area contributed by atoms with E-state index >= 15 is 0 Å². The van der Waals surface area contributed by atoms with Crippen molar-refractivity contribution in [3.63, 3.8) is 0 Å². The van der Waals surface area contributed by atoms with Gasteiger partial charge >= 0.3 is 0 Å². The second-order valence-corrected chi connectivity index (χ2v) is 6.45. The number of thiophene rings is 1. The average molecular weight is 346 g/mol. The van der Waals surface area contributed by atoms with Crippen LogP contribution < -0.4 is 5.32 Å². The summed E-state index contributed by atoms with van der Waals surface area (Å²) in [5.41, 5.74) is 2.47. The van der Waals surface area contributed by atoms with Gasteiger partial charge in [-0.3, -0.25) is 4.79 Å². The molecule has 0 unspecified atom stereocenters. The molecule has 20 heavy (non-hydrogen) atoms. The number of amides is 1. The third-order valence-corrected chi connectivity index (χ3v) is 4.55. The van der Waals surface area contributed by atoms with E-state index in [9.17, 15) is 4.79 Å². The number of nitrogens with one attached hydrogen (secondary N) is 1. The molecule has 3 aromatic rings. The molecule has 0 spiro atoms. The molecule has 0 atom stereocenters. The zero-order valence-electron chi connectivity index (χ0n) is 10.8. The number of carbonyl (C=O) groups is 1. The molecule has 1 N–H and O–H groups in total. The van der Waals surface area contributed by atoms with Gasteiger partial charge in [0.05, 0.1) is 0 Å². The van der Waals surface area contributed by atoms with Crippen molar-refractivity contribution in [1.82, 2.24) is 0 Å². The number of hydrogen-bond donors (Lipinski definition) is 1. The summed E-state index contributed by atoms with van der Waals surface area (Å²) in [6.07, 6.45) is 0. The van der Waals surface area contributed by atoms with Gasteiger partial charge in [-0.2, -0.15) is 0 Å². The lowest BCUT2D eigenvalue weighted by Crippen LogP contribution is -2.13. The third-order valence-electron chi connectivity index (χ3n) is 3.15. The van der Waals surface area contributed by atoms with Gasteiger partial charge in [0.15, 0.2) is 0 Å². The van der Waals surface area contributed by atoms with Crippen LogP contribution in [0.5, 0.6) is 0 Å². The van der Waals surface area contributed by atoms with Crippen LogP contribution in [0.15, 0.2) is 52.3 Å². The molecule has 0 bridgehead atoms. The van der Waals surface area contributed by atoms with Crippen LogP contribution in [0.2, 0.25) is 0 Å². The van der Waals surface area contributed by atoms with Gasteiger partial charge in [-0.25, -0.2) is 0 Å². The van der Waals surface area contributed by atoms with Crippen LogP contribution in [0, 0.1) is 6.92 Å². The van der Waals surface area contributed by atoms with E-state index < -0.39 is 0 Å². The summed E-state index contributed by atoms with van der Waals surface area (Å²) in [7, 11) is 0. The van der Waals surface area contributed by atoms with Crippen LogP contribution >= 0.6 is 27.3 Å². The van der Waals surface area contributed by atoms with E-state index in [1.165, 1.54) is 4.70 Å². The van der Waals surface area contributed by atoms with Gasteiger partial charge in [-0.15, -0.1) is 11.3 Å². The largest absolute Gasteiger partial charge is 0.322 e. The Labute approximate surface area is 129 Å². The molecule has 0 aliphatic carbocycles. The van der Waals surface area contributed by atoms with Gasteiger partial charge in [0, 0.05) is 20.4 Å². The van der Waals surface area contributed by atoms with Gasteiger partial charge in [0.25, 0.3) is 5.91 Å². The first-order valence-electron chi connectivity index (χ1n) is 6.18. The molecule has 0 saturated heterocycles. The summed E-state index contributed by atoms with van der Waals surface area (Å²) in [5.74, 6) is -0.0848. The Balaban J connectivity index is 1.89. The lowest BCUT2D eigenvalue weighted by Gasteiger charge is -2.08. The Kier molecular flexibility index (Phi) is 3.59. The first kappa shape index (κ1) is 13.3. The molecular formula is C16H12BrNOS. The number of rotatable bonds is 2. The number of aryl methyl sites for hydroxylation is 1. The number of benzene rings is 2. The Bertz CT molecular complexity index is 794. The summed E-state index contributed by atoms with van der Waals surface area (Å²) < 4.78 is 2.13.